The van der Waals surface area contributed by atoms with Crippen LogP contribution >= 0.6 is 0 Å². The minimum absolute atomic E-state index is 0.0342. The van der Waals surface area contributed by atoms with Crippen LogP contribution in [-0.4, -0.2) is 45.0 Å². The summed E-state index contributed by atoms with van der Waals surface area (Å²) in [4.78, 5) is 49.1. The summed E-state index contributed by atoms with van der Waals surface area (Å²) >= 11 is 0. The molecule has 4 rings (SSSR count). The summed E-state index contributed by atoms with van der Waals surface area (Å²) in [5.41, 5.74) is 1.99. The summed E-state index contributed by atoms with van der Waals surface area (Å²) in [6.07, 6.45) is 7.30. The minimum atomic E-state index is -2.08. The molecule has 1 fully saturated rings. The van der Waals surface area contributed by atoms with Gasteiger partial charge in [-0.3, -0.25) is 14.2 Å². The van der Waals surface area contributed by atoms with Crippen molar-refractivity contribution in [1.82, 2.24) is 19.5 Å². The van der Waals surface area contributed by atoms with Gasteiger partial charge in [-0.1, -0.05) is 12.8 Å². The first-order chi connectivity index (χ1) is 16.1. The SMILES string of the molecule is CC(=O)c1c(C)c2cnc(Nc3ccc(NCC[Si](C)(C)O)cn3)nc2n(C2CCCC2)c1=O. The number of fused-ring (bicyclic) bond motifs is 1. The zero-order valence-electron chi connectivity index (χ0n) is 20.2. The second-order valence-electron chi connectivity index (χ2n) is 9.65. The van der Waals surface area contributed by atoms with Crippen molar-refractivity contribution in [3.8, 4) is 0 Å². The predicted octanol–water partition coefficient (Wildman–Crippen LogP) is 4.17. The lowest BCUT2D eigenvalue weighted by Gasteiger charge is -2.19. The monoisotopic (exact) mass is 480 g/mol. The maximum atomic E-state index is 13.3. The Hall–Kier alpha value is -3.11. The van der Waals surface area contributed by atoms with E-state index in [2.05, 4.69) is 25.6 Å². The molecule has 0 aliphatic heterocycles. The lowest BCUT2D eigenvalue weighted by molar-refractivity contribution is 0.101. The van der Waals surface area contributed by atoms with Crippen molar-refractivity contribution in [3.05, 3.63) is 46.0 Å². The Morgan fingerprint density at radius 3 is 2.56 bits per heavy atom. The van der Waals surface area contributed by atoms with E-state index in [1.54, 1.807) is 23.9 Å². The van der Waals surface area contributed by atoms with E-state index < -0.39 is 8.32 Å². The fraction of sp³-hybridized carbons (Fsp3) is 0.458. The van der Waals surface area contributed by atoms with Crippen molar-refractivity contribution in [2.45, 2.75) is 64.7 Å². The number of aryl methyl sites for hydroxylation is 1. The van der Waals surface area contributed by atoms with Gasteiger partial charge in [0, 0.05) is 24.2 Å². The molecule has 3 heterocycles. The first kappa shape index (κ1) is 24.0. The highest BCUT2D eigenvalue weighted by molar-refractivity contribution is 6.69. The van der Waals surface area contributed by atoms with Gasteiger partial charge in [-0.25, -0.2) is 9.97 Å². The molecule has 3 aromatic heterocycles. The molecule has 0 amide bonds. The quantitative estimate of drug-likeness (QED) is 0.324. The smallest absolute Gasteiger partial charge is 0.263 e. The molecule has 0 bridgehead atoms. The number of carbonyl (C=O) groups is 1. The number of pyridine rings is 2. The minimum Gasteiger partial charge on any atom is -0.432 e. The third kappa shape index (κ3) is 5.17. The number of hydrogen-bond acceptors (Lipinski definition) is 8. The van der Waals surface area contributed by atoms with Crippen LogP contribution in [0.4, 0.5) is 17.5 Å². The highest BCUT2D eigenvalue weighted by Gasteiger charge is 2.25. The molecular weight excluding hydrogens is 448 g/mol. The highest BCUT2D eigenvalue weighted by atomic mass is 28.4. The van der Waals surface area contributed by atoms with E-state index in [0.29, 0.717) is 34.9 Å². The van der Waals surface area contributed by atoms with E-state index in [0.717, 1.165) is 37.4 Å². The van der Waals surface area contributed by atoms with Gasteiger partial charge in [0.25, 0.3) is 5.56 Å². The van der Waals surface area contributed by atoms with Crippen LogP contribution < -0.4 is 16.2 Å². The Morgan fingerprint density at radius 2 is 1.94 bits per heavy atom. The number of aromatic nitrogens is 4. The van der Waals surface area contributed by atoms with Gasteiger partial charge < -0.3 is 15.4 Å². The van der Waals surface area contributed by atoms with Crippen LogP contribution in [-0.2, 0) is 0 Å². The molecule has 3 N–H and O–H groups in total. The van der Waals surface area contributed by atoms with E-state index in [-0.39, 0.29) is 22.9 Å². The second-order valence-corrected chi connectivity index (χ2v) is 13.8. The van der Waals surface area contributed by atoms with Crippen LogP contribution in [0, 0.1) is 6.92 Å². The lowest BCUT2D eigenvalue weighted by Crippen LogP contribution is -2.30. The number of hydrogen-bond donors (Lipinski definition) is 3. The van der Waals surface area contributed by atoms with Gasteiger partial charge in [0.2, 0.25) is 5.95 Å². The number of ketones is 1. The van der Waals surface area contributed by atoms with Gasteiger partial charge in [0.1, 0.15) is 11.5 Å². The Kier molecular flexibility index (Phi) is 6.81. The van der Waals surface area contributed by atoms with Crippen LogP contribution in [0.1, 0.15) is 54.6 Å². The molecule has 1 saturated carbocycles. The highest BCUT2D eigenvalue weighted by Crippen LogP contribution is 2.32. The number of Topliss-reactive ketones (excluding diaryl/α,β-unsaturated/α-hetero) is 1. The lowest BCUT2D eigenvalue weighted by atomic mass is 10.0. The number of anilines is 3. The Bertz CT molecular complexity index is 1260. The molecule has 3 aromatic rings. The van der Waals surface area contributed by atoms with Crippen LogP contribution in [0.15, 0.2) is 29.3 Å². The molecule has 0 saturated heterocycles. The van der Waals surface area contributed by atoms with Gasteiger partial charge in [-0.15, -0.1) is 0 Å². The Balaban J connectivity index is 1.63. The molecule has 34 heavy (non-hydrogen) atoms. The van der Waals surface area contributed by atoms with Crippen LogP contribution in [0.5, 0.6) is 0 Å². The molecule has 0 radical (unpaired) electrons. The normalized spacial score (nSPS) is 14.5. The Morgan fingerprint density at radius 1 is 1.21 bits per heavy atom. The summed E-state index contributed by atoms with van der Waals surface area (Å²) in [5.74, 6) is 0.685. The molecule has 0 aromatic carbocycles. The zero-order valence-corrected chi connectivity index (χ0v) is 21.2. The van der Waals surface area contributed by atoms with Gasteiger partial charge in [0.05, 0.1) is 17.4 Å². The summed E-state index contributed by atoms with van der Waals surface area (Å²) in [6, 6.07) is 4.52. The van der Waals surface area contributed by atoms with Crippen molar-refractivity contribution >= 4 is 42.6 Å². The Labute approximate surface area is 199 Å². The van der Waals surface area contributed by atoms with Crippen molar-refractivity contribution in [2.24, 2.45) is 0 Å². The van der Waals surface area contributed by atoms with E-state index in [4.69, 9.17) is 0 Å². The molecule has 0 atom stereocenters. The molecule has 1 aliphatic carbocycles. The van der Waals surface area contributed by atoms with Gasteiger partial charge >= 0.3 is 0 Å². The molecular formula is C24H32N6O3Si. The van der Waals surface area contributed by atoms with Crippen LogP contribution in [0.3, 0.4) is 0 Å². The number of nitrogens with zero attached hydrogens (tertiary/aromatic N) is 4. The summed E-state index contributed by atoms with van der Waals surface area (Å²) in [5, 5.41) is 7.10. The average molecular weight is 481 g/mol. The maximum Gasteiger partial charge on any atom is 0.263 e. The third-order valence-corrected chi connectivity index (χ3v) is 7.79. The maximum absolute atomic E-state index is 13.3. The number of rotatable bonds is 8. The molecule has 1 aliphatic rings. The van der Waals surface area contributed by atoms with Crippen molar-refractivity contribution in [2.75, 3.05) is 17.2 Å². The fourth-order valence-corrected chi connectivity index (χ4v) is 5.25. The molecule has 0 unspecified atom stereocenters. The average Bonchev–Trinajstić information content (AvgIpc) is 3.28. The van der Waals surface area contributed by atoms with Gasteiger partial charge in [-0.05, 0) is 63.5 Å². The van der Waals surface area contributed by atoms with Crippen molar-refractivity contribution in [3.63, 3.8) is 0 Å². The van der Waals surface area contributed by atoms with E-state index in [1.807, 2.05) is 25.2 Å². The van der Waals surface area contributed by atoms with Gasteiger partial charge in [0.15, 0.2) is 14.1 Å². The standard InChI is InChI=1S/C24H32N6O3Si/c1-15-19-14-27-24(28-20-10-9-17(13-26-20)25-11-12-34(3,4)33)29-22(19)30(18-7-5-6-8-18)23(32)21(15)16(2)31/h9-10,13-14,18,25,33H,5-8,11-12H2,1-4H3,(H,26,27,28,29). The fourth-order valence-electron chi connectivity index (χ4n) is 4.51. The summed E-state index contributed by atoms with van der Waals surface area (Å²) < 4.78 is 1.70. The van der Waals surface area contributed by atoms with E-state index in [9.17, 15) is 14.4 Å². The summed E-state index contributed by atoms with van der Waals surface area (Å²) in [6.45, 7) is 7.74. The van der Waals surface area contributed by atoms with E-state index >= 15 is 0 Å². The van der Waals surface area contributed by atoms with Crippen LogP contribution in [0.25, 0.3) is 11.0 Å². The second kappa shape index (κ2) is 9.63. The van der Waals surface area contributed by atoms with Crippen molar-refractivity contribution < 1.29 is 9.59 Å². The predicted molar refractivity (Wildman–Crippen MR) is 137 cm³/mol. The topological polar surface area (TPSA) is 122 Å². The number of carbonyl (C=O) groups excluding carboxylic acids is 1. The molecule has 10 heteroatoms. The largest absolute Gasteiger partial charge is 0.432 e. The van der Waals surface area contributed by atoms with Crippen LogP contribution in [0.2, 0.25) is 19.1 Å². The number of nitrogens with one attached hydrogen (secondary N) is 2. The van der Waals surface area contributed by atoms with Crippen molar-refractivity contribution in [1.29, 1.82) is 0 Å². The zero-order chi connectivity index (χ0) is 24.5. The first-order valence-corrected chi connectivity index (χ1v) is 14.9. The third-order valence-electron chi connectivity index (χ3n) is 6.32. The molecule has 0 spiro atoms. The van der Waals surface area contributed by atoms with E-state index in [1.165, 1.54) is 6.92 Å². The summed E-state index contributed by atoms with van der Waals surface area (Å²) in [7, 11) is -2.08. The molecule has 180 valence electrons. The van der Waals surface area contributed by atoms with Gasteiger partial charge in [-0.2, -0.15) is 4.98 Å². The first-order valence-electron chi connectivity index (χ1n) is 11.8. The molecule has 9 nitrogen and oxygen atoms in total.